The average Bonchev–Trinajstić information content (AvgIpc) is 2.85. The van der Waals surface area contributed by atoms with Gasteiger partial charge >= 0.3 is 6.03 Å². The third kappa shape index (κ3) is 1.92. The molecule has 0 unspecified atom stereocenters. The van der Waals surface area contributed by atoms with E-state index >= 15 is 0 Å². The largest absolute Gasteiger partial charge is 0.335 e. The topological polar surface area (TPSA) is 32.3 Å². The van der Waals surface area contributed by atoms with Crippen LogP contribution in [0.2, 0.25) is 0 Å². The minimum Gasteiger partial charge on any atom is -0.335 e. The second kappa shape index (κ2) is 3.64. The Balaban J connectivity index is 2.09. The molecule has 1 aliphatic heterocycles. The van der Waals surface area contributed by atoms with Crippen molar-refractivity contribution in [1.29, 1.82) is 0 Å². The molecule has 1 N–H and O–H groups in total. The number of hydrogen-bond acceptors (Lipinski definition) is 1. The smallest absolute Gasteiger partial charge is 0.318 e. The molecule has 0 aromatic carbocycles. The maximum absolute atomic E-state index is 12.2. The monoisotopic (exact) mass is 224 g/mol. The Hall–Kier alpha value is -0.730. The summed E-state index contributed by atoms with van der Waals surface area (Å²) in [4.78, 5) is 14.2. The second-order valence-corrected chi connectivity index (χ2v) is 6.50. The lowest BCUT2D eigenvalue weighted by Crippen LogP contribution is -2.56. The Kier molecular flexibility index (Phi) is 2.67. The number of rotatable bonds is 1. The minimum absolute atomic E-state index is 0.00593. The maximum Gasteiger partial charge on any atom is 0.318 e. The van der Waals surface area contributed by atoms with E-state index in [1.54, 1.807) is 0 Å². The lowest BCUT2D eigenvalue weighted by molar-refractivity contribution is 0.0677. The highest BCUT2D eigenvalue weighted by Gasteiger charge is 2.48. The van der Waals surface area contributed by atoms with E-state index in [1.807, 2.05) is 0 Å². The van der Waals surface area contributed by atoms with Gasteiger partial charge in [-0.05, 0) is 38.0 Å². The van der Waals surface area contributed by atoms with Crippen molar-refractivity contribution in [2.75, 3.05) is 6.54 Å². The lowest BCUT2D eigenvalue weighted by atomic mass is 9.73. The molecule has 3 heteroatoms. The van der Waals surface area contributed by atoms with Gasteiger partial charge in [-0.3, -0.25) is 0 Å². The number of nitrogens with one attached hydrogen (secondary N) is 1. The predicted molar refractivity (Wildman–Crippen MR) is 65.4 cm³/mol. The van der Waals surface area contributed by atoms with Crippen LogP contribution in [0, 0.1) is 5.41 Å². The highest BCUT2D eigenvalue weighted by Crippen LogP contribution is 2.43. The van der Waals surface area contributed by atoms with Gasteiger partial charge in [-0.2, -0.15) is 0 Å². The molecule has 2 amide bonds. The maximum atomic E-state index is 12.2. The Morgan fingerprint density at radius 2 is 2.00 bits per heavy atom. The summed E-state index contributed by atoms with van der Waals surface area (Å²) in [6.07, 6.45) is 4.57. The van der Waals surface area contributed by atoms with Gasteiger partial charge in [-0.1, -0.05) is 20.8 Å². The molecule has 1 atom stereocenters. The number of nitrogens with zero attached hydrogens (tertiary/aromatic N) is 1. The first-order chi connectivity index (χ1) is 7.34. The van der Waals surface area contributed by atoms with Crippen LogP contribution in [0.3, 0.4) is 0 Å². The van der Waals surface area contributed by atoms with Gasteiger partial charge < -0.3 is 10.2 Å². The van der Waals surface area contributed by atoms with Crippen molar-refractivity contribution < 1.29 is 4.79 Å². The summed E-state index contributed by atoms with van der Waals surface area (Å²) in [7, 11) is 0. The molecule has 3 nitrogen and oxygen atoms in total. The van der Waals surface area contributed by atoms with E-state index in [2.05, 4.69) is 37.9 Å². The molecular formula is C13H24N2O. The Morgan fingerprint density at radius 1 is 1.38 bits per heavy atom. The summed E-state index contributed by atoms with van der Waals surface area (Å²) >= 11 is 0. The normalized spacial score (nSPS) is 30.6. The molecule has 2 fully saturated rings. The molecule has 0 radical (unpaired) electrons. The average molecular weight is 224 g/mol. The lowest BCUT2D eigenvalue weighted by Gasteiger charge is -2.45. The molecule has 92 valence electrons. The zero-order valence-electron chi connectivity index (χ0n) is 11.0. The molecule has 0 aromatic heterocycles. The van der Waals surface area contributed by atoms with E-state index in [-0.39, 0.29) is 17.0 Å². The van der Waals surface area contributed by atoms with Crippen molar-refractivity contribution >= 4 is 6.03 Å². The second-order valence-electron chi connectivity index (χ2n) is 6.50. The van der Waals surface area contributed by atoms with Gasteiger partial charge in [0.15, 0.2) is 0 Å². The third-order valence-electron chi connectivity index (χ3n) is 4.41. The minimum atomic E-state index is 0.00593. The molecule has 1 heterocycles. The van der Waals surface area contributed by atoms with E-state index in [1.165, 1.54) is 0 Å². The van der Waals surface area contributed by atoms with Gasteiger partial charge in [-0.25, -0.2) is 4.79 Å². The Labute approximate surface area is 98.6 Å². The number of amides is 2. The Morgan fingerprint density at radius 3 is 2.50 bits per heavy atom. The van der Waals surface area contributed by atoms with Crippen LogP contribution in [0.25, 0.3) is 0 Å². The Bertz CT molecular complexity index is 291. The quantitative estimate of drug-likeness (QED) is 0.730. The van der Waals surface area contributed by atoms with E-state index in [0.29, 0.717) is 6.04 Å². The van der Waals surface area contributed by atoms with Crippen molar-refractivity contribution in [3.63, 3.8) is 0 Å². The van der Waals surface area contributed by atoms with Crippen molar-refractivity contribution in [3.05, 3.63) is 0 Å². The molecule has 1 saturated heterocycles. The first-order valence-electron chi connectivity index (χ1n) is 6.43. The van der Waals surface area contributed by atoms with E-state index in [4.69, 9.17) is 0 Å². The molecular weight excluding hydrogens is 200 g/mol. The number of urea groups is 1. The van der Waals surface area contributed by atoms with Gasteiger partial charge in [-0.15, -0.1) is 0 Å². The van der Waals surface area contributed by atoms with Crippen molar-refractivity contribution in [2.24, 2.45) is 5.41 Å². The molecule has 0 aromatic rings. The summed E-state index contributed by atoms with van der Waals surface area (Å²) in [5.74, 6) is 0. The first-order valence-corrected chi connectivity index (χ1v) is 6.43. The third-order valence-corrected chi connectivity index (χ3v) is 4.41. The van der Waals surface area contributed by atoms with Crippen LogP contribution in [0.5, 0.6) is 0 Å². The summed E-state index contributed by atoms with van der Waals surface area (Å²) < 4.78 is 0. The zero-order valence-corrected chi connectivity index (χ0v) is 11.0. The molecule has 1 aliphatic carbocycles. The van der Waals surface area contributed by atoms with Crippen LogP contribution in [0.4, 0.5) is 4.79 Å². The molecule has 0 spiro atoms. The number of carbonyl (C=O) groups is 1. The van der Waals surface area contributed by atoms with Gasteiger partial charge in [0.2, 0.25) is 0 Å². The number of likely N-dealkylation sites (tertiary alicyclic amines) is 1. The van der Waals surface area contributed by atoms with Crippen LogP contribution in [0.15, 0.2) is 0 Å². The first kappa shape index (κ1) is 11.7. The SMILES string of the molecule is CC(C)(C)[C@]1(C)CCCN1C(=O)NC1CC1. The van der Waals surface area contributed by atoms with E-state index in [9.17, 15) is 4.79 Å². The highest BCUT2D eigenvalue weighted by molar-refractivity contribution is 5.76. The standard InChI is InChI=1S/C13H24N2O/c1-12(2,3)13(4)8-5-9-15(13)11(16)14-10-6-7-10/h10H,5-9H2,1-4H3,(H,14,16)/t13-/m0/s1. The summed E-state index contributed by atoms with van der Waals surface area (Å²) in [6, 6.07) is 0.606. The van der Waals surface area contributed by atoms with Gasteiger partial charge in [0.25, 0.3) is 0 Å². The molecule has 2 rings (SSSR count). The predicted octanol–water partition coefficient (Wildman–Crippen LogP) is 2.76. The number of carbonyl (C=O) groups excluding carboxylic acids is 1. The fourth-order valence-corrected chi connectivity index (χ4v) is 2.55. The fraction of sp³-hybridized carbons (Fsp3) is 0.923. The van der Waals surface area contributed by atoms with Gasteiger partial charge in [0.1, 0.15) is 0 Å². The van der Waals surface area contributed by atoms with Crippen LogP contribution < -0.4 is 5.32 Å². The van der Waals surface area contributed by atoms with Crippen molar-refractivity contribution in [2.45, 2.75) is 65.0 Å². The zero-order chi connectivity index (χ0) is 12.0. The molecule has 0 bridgehead atoms. The fourth-order valence-electron chi connectivity index (χ4n) is 2.55. The van der Waals surface area contributed by atoms with Crippen LogP contribution in [-0.2, 0) is 0 Å². The van der Waals surface area contributed by atoms with Gasteiger partial charge in [0, 0.05) is 18.1 Å². The summed E-state index contributed by atoms with van der Waals surface area (Å²) in [5, 5.41) is 3.11. The molecule has 16 heavy (non-hydrogen) atoms. The van der Waals surface area contributed by atoms with Gasteiger partial charge in [0.05, 0.1) is 0 Å². The molecule has 1 saturated carbocycles. The van der Waals surface area contributed by atoms with Crippen LogP contribution in [-0.4, -0.2) is 29.1 Å². The highest BCUT2D eigenvalue weighted by atomic mass is 16.2. The van der Waals surface area contributed by atoms with Crippen LogP contribution in [0.1, 0.15) is 53.4 Å². The van der Waals surface area contributed by atoms with E-state index in [0.717, 1.165) is 32.2 Å². The summed E-state index contributed by atoms with van der Waals surface area (Å²) in [6.45, 7) is 9.83. The van der Waals surface area contributed by atoms with Crippen molar-refractivity contribution in [3.8, 4) is 0 Å². The molecule has 2 aliphatic rings. The van der Waals surface area contributed by atoms with Crippen LogP contribution >= 0.6 is 0 Å². The number of hydrogen-bond donors (Lipinski definition) is 1. The summed E-state index contributed by atoms with van der Waals surface area (Å²) in [5.41, 5.74) is 0.149. The van der Waals surface area contributed by atoms with E-state index < -0.39 is 0 Å². The van der Waals surface area contributed by atoms with Crippen molar-refractivity contribution in [1.82, 2.24) is 10.2 Å².